The molecular weight excluding hydrogens is 170 g/mol. The number of hydrogen-bond acceptors (Lipinski definition) is 4. The molecule has 0 aromatic heterocycles. The summed E-state index contributed by atoms with van der Waals surface area (Å²) < 4.78 is 16.7. The van der Waals surface area contributed by atoms with Crippen molar-refractivity contribution in [1.29, 1.82) is 0 Å². The molecule has 2 aliphatic heterocycles. The first-order valence-corrected chi connectivity index (χ1v) is 4.69. The molecule has 4 nitrogen and oxygen atoms in total. The molecule has 2 rings (SSSR count). The van der Waals surface area contributed by atoms with E-state index in [9.17, 15) is 0 Å². The molecule has 2 saturated heterocycles. The van der Waals surface area contributed by atoms with Crippen LogP contribution in [0, 0.1) is 0 Å². The average molecular weight is 187 g/mol. The van der Waals surface area contributed by atoms with Crippen LogP contribution in [-0.2, 0) is 14.2 Å². The van der Waals surface area contributed by atoms with Gasteiger partial charge in [-0.25, -0.2) is 0 Å². The third-order valence-corrected chi connectivity index (χ3v) is 3.00. The van der Waals surface area contributed by atoms with Crippen LogP contribution < -0.4 is 5.32 Å². The topological polar surface area (TPSA) is 39.7 Å². The largest absolute Gasteiger partial charge is 0.382 e. The van der Waals surface area contributed by atoms with Crippen LogP contribution >= 0.6 is 0 Å². The Balaban J connectivity index is 2.17. The highest BCUT2D eigenvalue weighted by atomic mass is 16.6. The maximum Gasteiger partial charge on any atom is 0.133 e. The Morgan fingerprint density at radius 3 is 2.92 bits per heavy atom. The second kappa shape index (κ2) is 3.20. The van der Waals surface area contributed by atoms with Crippen LogP contribution in [0.15, 0.2) is 0 Å². The fourth-order valence-corrected chi connectivity index (χ4v) is 2.51. The van der Waals surface area contributed by atoms with E-state index in [0.29, 0.717) is 13.2 Å². The number of likely N-dealkylation sites (N-methyl/N-ethyl adjacent to an activating group) is 1. The van der Waals surface area contributed by atoms with E-state index >= 15 is 0 Å². The van der Waals surface area contributed by atoms with Crippen LogP contribution in [0.4, 0.5) is 0 Å². The second-order valence-electron chi connectivity index (χ2n) is 3.86. The van der Waals surface area contributed by atoms with E-state index in [1.165, 1.54) is 0 Å². The van der Waals surface area contributed by atoms with Gasteiger partial charge in [0.25, 0.3) is 0 Å². The van der Waals surface area contributed by atoms with Crippen LogP contribution in [0.25, 0.3) is 0 Å². The Morgan fingerprint density at radius 1 is 1.62 bits per heavy atom. The minimum Gasteiger partial charge on any atom is -0.382 e. The molecule has 0 amide bonds. The summed E-state index contributed by atoms with van der Waals surface area (Å²) >= 11 is 0. The van der Waals surface area contributed by atoms with Crippen molar-refractivity contribution < 1.29 is 14.2 Å². The van der Waals surface area contributed by atoms with Crippen molar-refractivity contribution in [3.63, 3.8) is 0 Å². The van der Waals surface area contributed by atoms with E-state index < -0.39 is 0 Å². The average Bonchev–Trinajstić information content (AvgIpc) is 2.55. The lowest BCUT2D eigenvalue weighted by molar-refractivity contribution is -0.155. The molecule has 76 valence electrons. The maximum atomic E-state index is 5.88. The molecule has 0 aromatic carbocycles. The smallest absolute Gasteiger partial charge is 0.133 e. The number of hydrogen-bond donors (Lipinski definition) is 1. The summed E-state index contributed by atoms with van der Waals surface area (Å²) in [6.45, 7) is 3.28. The molecule has 13 heavy (non-hydrogen) atoms. The fourth-order valence-electron chi connectivity index (χ4n) is 2.51. The summed E-state index contributed by atoms with van der Waals surface area (Å²) in [6.07, 6.45) is 0.349. The number of methoxy groups -OCH3 is 1. The fraction of sp³-hybridized carbons (Fsp3) is 1.00. The summed E-state index contributed by atoms with van der Waals surface area (Å²) in [4.78, 5) is 0. The van der Waals surface area contributed by atoms with Gasteiger partial charge in [0.15, 0.2) is 0 Å². The van der Waals surface area contributed by atoms with Gasteiger partial charge in [0.2, 0.25) is 0 Å². The van der Waals surface area contributed by atoms with Crippen molar-refractivity contribution in [2.45, 2.75) is 30.8 Å². The summed E-state index contributed by atoms with van der Waals surface area (Å²) in [7, 11) is 3.64. The molecule has 0 aromatic rings. The zero-order valence-electron chi connectivity index (χ0n) is 8.37. The molecule has 4 atom stereocenters. The Bertz CT molecular complexity index is 199. The number of ether oxygens (including phenoxy) is 3. The van der Waals surface area contributed by atoms with E-state index in [0.717, 1.165) is 0 Å². The van der Waals surface area contributed by atoms with E-state index in [1.54, 1.807) is 7.11 Å². The van der Waals surface area contributed by atoms with E-state index in [1.807, 2.05) is 14.0 Å². The molecule has 2 fully saturated rings. The predicted molar refractivity (Wildman–Crippen MR) is 47.7 cm³/mol. The number of nitrogens with one attached hydrogen (secondary N) is 1. The van der Waals surface area contributed by atoms with Crippen molar-refractivity contribution in [3.05, 3.63) is 0 Å². The van der Waals surface area contributed by atoms with Crippen molar-refractivity contribution in [2.24, 2.45) is 0 Å². The molecule has 0 radical (unpaired) electrons. The zero-order chi connectivity index (χ0) is 9.47. The van der Waals surface area contributed by atoms with Gasteiger partial charge in [-0.3, -0.25) is 0 Å². The lowest BCUT2D eigenvalue weighted by Gasteiger charge is -2.29. The van der Waals surface area contributed by atoms with Crippen LogP contribution in [0.3, 0.4) is 0 Å². The minimum absolute atomic E-state index is 0.168. The normalized spacial score (nSPS) is 48.7. The molecule has 1 N–H and O–H groups in total. The van der Waals surface area contributed by atoms with Gasteiger partial charge in [0.05, 0.1) is 25.4 Å². The van der Waals surface area contributed by atoms with Crippen LogP contribution in [-0.4, -0.2) is 51.2 Å². The van der Waals surface area contributed by atoms with Crippen LogP contribution in [0.5, 0.6) is 0 Å². The summed E-state index contributed by atoms with van der Waals surface area (Å²) in [5.74, 6) is 0. The third kappa shape index (κ3) is 1.21. The molecule has 4 heteroatoms. The van der Waals surface area contributed by atoms with Gasteiger partial charge in [-0.2, -0.15) is 0 Å². The van der Waals surface area contributed by atoms with Crippen molar-refractivity contribution in [2.75, 3.05) is 27.4 Å². The molecule has 2 heterocycles. The molecule has 2 aliphatic rings. The summed E-state index contributed by atoms with van der Waals surface area (Å²) in [6, 6.07) is 0.266. The van der Waals surface area contributed by atoms with Gasteiger partial charge in [0.1, 0.15) is 11.7 Å². The summed E-state index contributed by atoms with van der Waals surface area (Å²) in [5.41, 5.74) is -0.256. The van der Waals surface area contributed by atoms with Crippen LogP contribution in [0.1, 0.15) is 6.92 Å². The Kier molecular flexibility index (Phi) is 2.32. The van der Waals surface area contributed by atoms with Gasteiger partial charge in [-0.1, -0.05) is 0 Å². The summed E-state index contributed by atoms with van der Waals surface area (Å²) in [5, 5.41) is 3.25. The zero-order valence-corrected chi connectivity index (χ0v) is 8.37. The predicted octanol–water partition coefficient (Wildman–Crippen LogP) is -0.223. The minimum atomic E-state index is -0.256. The third-order valence-electron chi connectivity index (χ3n) is 3.00. The quantitative estimate of drug-likeness (QED) is 0.663. The lowest BCUT2D eigenvalue weighted by Crippen LogP contribution is -2.50. The monoisotopic (exact) mass is 187 g/mol. The van der Waals surface area contributed by atoms with Gasteiger partial charge < -0.3 is 19.5 Å². The number of rotatable bonds is 3. The van der Waals surface area contributed by atoms with E-state index in [-0.39, 0.29) is 23.9 Å². The van der Waals surface area contributed by atoms with Crippen LogP contribution in [0.2, 0.25) is 0 Å². The first-order chi connectivity index (χ1) is 6.23. The first kappa shape index (κ1) is 9.40. The molecular formula is C9H17NO3. The van der Waals surface area contributed by atoms with E-state index in [2.05, 4.69) is 5.32 Å². The highest BCUT2D eigenvalue weighted by Gasteiger charge is 2.59. The van der Waals surface area contributed by atoms with E-state index in [4.69, 9.17) is 14.2 Å². The number of fused-ring (bicyclic) bond motifs is 2. The molecule has 0 spiro atoms. The molecule has 2 bridgehead atoms. The van der Waals surface area contributed by atoms with Gasteiger partial charge in [-0.15, -0.1) is 0 Å². The molecule has 1 unspecified atom stereocenters. The second-order valence-corrected chi connectivity index (χ2v) is 3.86. The van der Waals surface area contributed by atoms with Crippen molar-refractivity contribution >= 4 is 0 Å². The Hall–Kier alpha value is -0.160. The highest BCUT2D eigenvalue weighted by molar-refractivity contribution is 5.10. The maximum absolute atomic E-state index is 5.88. The van der Waals surface area contributed by atoms with Gasteiger partial charge in [0, 0.05) is 7.11 Å². The van der Waals surface area contributed by atoms with Gasteiger partial charge in [-0.05, 0) is 14.0 Å². The standard InChI is InChI=1S/C9H17NO3/c1-6-7-8(10-2)9(13-6,4-11-3)5-12-7/h6-8,10H,4-5H2,1-3H3/t6-,7+,8?,9-/m0/s1. The molecule has 0 saturated carbocycles. The highest BCUT2D eigenvalue weighted by Crippen LogP contribution is 2.39. The lowest BCUT2D eigenvalue weighted by atomic mass is 9.97. The van der Waals surface area contributed by atoms with Gasteiger partial charge >= 0.3 is 0 Å². The van der Waals surface area contributed by atoms with Crippen molar-refractivity contribution in [3.8, 4) is 0 Å². The molecule has 0 aliphatic carbocycles. The Labute approximate surface area is 78.5 Å². The Morgan fingerprint density at radius 2 is 2.38 bits per heavy atom. The van der Waals surface area contributed by atoms with Crippen molar-refractivity contribution in [1.82, 2.24) is 5.32 Å². The SMILES string of the molecule is CNC1[C@@H]2OC[C@]1(COC)O[C@H]2C. The first-order valence-electron chi connectivity index (χ1n) is 4.69.